The molecule has 130 valence electrons. The molecule has 0 N–H and O–H groups in total. The molecule has 26 heavy (non-hydrogen) atoms. The molecule has 1 heterocycles. The molecule has 2 aromatic rings. The minimum Gasteiger partial charge on any atom is -0.465 e. The SMILES string of the molecule is C=CCN1C(=O)/C(=N\N=C/c2ccc(C(=O)OC)cc2)c2ccccc21. The number of nitrogens with zero attached hydrogens (tertiary/aromatic N) is 3. The Morgan fingerprint density at radius 1 is 1.19 bits per heavy atom. The Kier molecular flexibility index (Phi) is 5.03. The Bertz CT molecular complexity index is 914. The summed E-state index contributed by atoms with van der Waals surface area (Å²) in [7, 11) is 1.33. The van der Waals surface area contributed by atoms with Crippen LogP contribution in [0.3, 0.4) is 0 Å². The number of methoxy groups -OCH3 is 1. The number of esters is 1. The van der Waals surface area contributed by atoms with Crippen LogP contribution in [0.2, 0.25) is 0 Å². The fourth-order valence-electron chi connectivity index (χ4n) is 2.65. The highest BCUT2D eigenvalue weighted by Crippen LogP contribution is 2.28. The van der Waals surface area contributed by atoms with E-state index in [0.717, 1.165) is 16.8 Å². The lowest BCUT2D eigenvalue weighted by molar-refractivity contribution is -0.112. The molecule has 0 atom stereocenters. The van der Waals surface area contributed by atoms with E-state index < -0.39 is 5.97 Å². The lowest BCUT2D eigenvalue weighted by Gasteiger charge is -2.13. The number of para-hydroxylation sites is 1. The molecule has 0 fully saturated rings. The summed E-state index contributed by atoms with van der Waals surface area (Å²) in [6.07, 6.45) is 3.20. The fraction of sp³-hybridized carbons (Fsp3) is 0.100. The van der Waals surface area contributed by atoms with Crippen molar-refractivity contribution in [3.63, 3.8) is 0 Å². The molecule has 0 radical (unpaired) electrons. The summed E-state index contributed by atoms with van der Waals surface area (Å²) in [6, 6.07) is 14.2. The van der Waals surface area contributed by atoms with Crippen molar-refractivity contribution in [2.24, 2.45) is 10.2 Å². The first-order chi connectivity index (χ1) is 12.7. The second kappa shape index (κ2) is 7.57. The van der Waals surface area contributed by atoms with Crippen LogP contribution < -0.4 is 4.90 Å². The smallest absolute Gasteiger partial charge is 0.337 e. The summed E-state index contributed by atoms with van der Waals surface area (Å²) in [5, 5.41) is 8.15. The highest BCUT2D eigenvalue weighted by atomic mass is 16.5. The molecule has 1 amide bonds. The number of anilines is 1. The average Bonchev–Trinajstić information content (AvgIpc) is 2.94. The quantitative estimate of drug-likeness (QED) is 0.361. The lowest BCUT2D eigenvalue weighted by atomic mass is 10.1. The summed E-state index contributed by atoms with van der Waals surface area (Å²) in [5.41, 5.74) is 3.05. The predicted molar refractivity (Wildman–Crippen MR) is 101 cm³/mol. The van der Waals surface area contributed by atoms with E-state index in [2.05, 4.69) is 21.5 Å². The van der Waals surface area contributed by atoms with Gasteiger partial charge in [-0.05, 0) is 23.8 Å². The summed E-state index contributed by atoms with van der Waals surface area (Å²) in [5.74, 6) is -0.603. The predicted octanol–water partition coefficient (Wildman–Crippen LogP) is 2.83. The van der Waals surface area contributed by atoms with Crippen LogP contribution in [-0.4, -0.2) is 37.5 Å². The van der Waals surface area contributed by atoms with Crippen molar-refractivity contribution in [1.82, 2.24) is 0 Å². The van der Waals surface area contributed by atoms with Gasteiger partial charge in [-0.1, -0.05) is 36.4 Å². The average molecular weight is 347 g/mol. The summed E-state index contributed by atoms with van der Waals surface area (Å²) in [4.78, 5) is 25.6. The summed E-state index contributed by atoms with van der Waals surface area (Å²) >= 11 is 0. The Hall–Kier alpha value is -3.54. The number of benzene rings is 2. The third-order valence-corrected chi connectivity index (χ3v) is 3.91. The third kappa shape index (κ3) is 3.30. The fourth-order valence-corrected chi connectivity index (χ4v) is 2.65. The number of amides is 1. The van der Waals surface area contributed by atoms with Gasteiger partial charge in [0.15, 0.2) is 5.71 Å². The van der Waals surface area contributed by atoms with Gasteiger partial charge in [0, 0.05) is 12.1 Å². The van der Waals surface area contributed by atoms with E-state index in [-0.39, 0.29) is 5.91 Å². The maximum absolute atomic E-state index is 12.6. The minimum absolute atomic E-state index is 0.204. The molecule has 6 nitrogen and oxygen atoms in total. The van der Waals surface area contributed by atoms with Gasteiger partial charge in [-0.3, -0.25) is 4.79 Å². The van der Waals surface area contributed by atoms with Gasteiger partial charge < -0.3 is 9.64 Å². The van der Waals surface area contributed by atoms with Crippen LogP contribution in [0.15, 0.2) is 71.4 Å². The second-order valence-electron chi connectivity index (χ2n) is 5.53. The van der Waals surface area contributed by atoms with Crippen LogP contribution in [0.1, 0.15) is 21.5 Å². The number of carbonyl (C=O) groups excluding carboxylic acids is 2. The van der Waals surface area contributed by atoms with Crippen molar-refractivity contribution in [3.8, 4) is 0 Å². The van der Waals surface area contributed by atoms with Crippen molar-refractivity contribution < 1.29 is 14.3 Å². The third-order valence-electron chi connectivity index (χ3n) is 3.91. The highest BCUT2D eigenvalue weighted by Gasteiger charge is 2.32. The number of fused-ring (bicyclic) bond motifs is 1. The van der Waals surface area contributed by atoms with Gasteiger partial charge in [0.1, 0.15) is 0 Å². The van der Waals surface area contributed by atoms with Crippen LogP contribution >= 0.6 is 0 Å². The van der Waals surface area contributed by atoms with E-state index in [4.69, 9.17) is 0 Å². The molecule has 0 aromatic heterocycles. The molecule has 0 aliphatic carbocycles. The van der Waals surface area contributed by atoms with Crippen LogP contribution in [0.25, 0.3) is 0 Å². The number of carbonyl (C=O) groups is 2. The van der Waals surface area contributed by atoms with E-state index in [0.29, 0.717) is 17.8 Å². The lowest BCUT2D eigenvalue weighted by Crippen LogP contribution is -2.30. The summed E-state index contributed by atoms with van der Waals surface area (Å²) in [6.45, 7) is 4.10. The van der Waals surface area contributed by atoms with Crippen molar-refractivity contribution in [1.29, 1.82) is 0 Å². The topological polar surface area (TPSA) is 71.3 Å². The van der Waals surface area contributed by atoms with E-state index in [1.807, 2.05) is 24.3 Å². The largest absolute Gasteiger partial charge is 0.465 e. The van der Waals surface area contributed by atoms with Crippen LogP contribution in [0, 0.1) is 0 Å². The van der Waals surface area contributed by atoms with Crippen LogP contribution in [0.5, 0.6) is 0 Å². The number of hydrogen-bond acceptors (Lipinski definition) is 5. The van der Waals surface area contributed by atoms with Gasteiger partial charge in [-0.15, -0.1) is 11.7 Å². The van der Waals surface area contributed by atoms with E-state index in [1.165, 1.54) is 13.3 Å². The van der Waals surface area contributed by atoms with Gasteiger partial charge in [0.05, 0.1) is 24.6 Å². The molecular weight excluding hydrogens is 330 g/mol. The van der Waals surface area contributed by atoms with Crippen LogP contribution in [-0.2, 0) is 9.53 Å². The monoisotopic (exact) mass is 347 g/mol. The molecular formula is C20H17N3O3. The molecule has 0 saturated carbocycles. The number of rotatable bonds is 5. The standard InChI is InChI=1S/C20H17N3O3/c1-3-12-23-17-7-5-4-6-16(17)18(19(23)24)22-21-13-14-8-10-15(11-9-14)20(25)26-2/h3-11,13H,1,12H2,2H3/b21-13-,22-18-. The first kappa shape index (κ1) is 17.3. The number of ether oxygens (including phenoxy) is 1. The molecule has 2 aromatic carbocycles. The van der Waals surface area contributed by atoms with Gasteiger partial charge >= 0.3 is 5.97 Å². The molecule has 0 unspecified atom stereocenters. The Balaban J connectivity index is 1.84. The Morgan fingerprint density at radius 3 is 2.62 bits per heavy atom. The molecule has 1 aliphatic heterocycles. The maximum Gasteiger partial charge on any atom is 0.337 e. The first-order valence-electron chi connectivity index (χ1n) is 7.97. The minimum atomic E-state index is -0.399. The second-order valence-corrected chi connectivity index (χ2v) is 5.53. The van der Waals surface area contributed by atoms with Gasteiger partial charge in [0.25, 0.3) is 5.91 Å². The van der Waals surface area contributed by atoms with Crippen molar-refractivity contribution in [2.75, 3.05) is 18.6 Å². The summed E-state index contributed by atoms with van der Waals surface area (Å²) < 4.78 is 4.66. The van der Waals surface area contributed by atoms with E-state index in [9.17, 15) is 9.59 Å². The van der Waals surface area contributed by atoms with E-state index in [1.54, 1.807) is 35.2 Å². The van der Waals surface area contributed by atoms with Crippen molar-refractivity contribution in [3.05, 3.63) is 77.9 Å². The molecule has 3 rings (SSSR count). The Labute approximate surface area is 151 Å². The maximum atomic E-state index is 12.6. The molecule has 6 heteroatoms. The van der Waals surface area contributed by atoms with Gasteiger partial charge in [0.2, 0.25) is 0 Å². The zero-order valence-electron chi connectivity index (χ0n) is 14.3. The van der Waals surface area contributed by atoms with Crippen molar-refractivity contribution >= 4 is 29.5 Å². The van der Waals surface area contributed by atoms with Gasteiger partial charge in [-0.25, -0.2) is 4.79 Å². The zero-order valence-corrected chi connectivity index (χ0v) is 14.3. The molecule has 0 spiro atoms. The number of hydrogen-bond donors (Lipinski definition) is 0. The molecule has 1 aliphatic rings. The normalized spacial score (nSPS) is 14.7. The van der Waals surface area contributed by atoms with Gasteiger partial charge in [-0.2, -0.15) is 5.10 Å². The first-order valence-corrected chi connectivity index (χ1v) is 7.97. The molecule has 0 saturated heterocycles. The Morgan fingerprint density at radius 2 is 1.92 bits per heavy atom. The zero-order chi connectivity index (χ0) is 18.5. The molecule has 0 bridgehead atoms. The highest BCUT2D eigenvalue weighted by molar-refractivity contribution is 6.54. The van der Waals surface area contributed by atoms with E-state index >= 15 is 0 Å². The van der Waals surface area contributed by atoms with Crippen LogP contribution in [0.4, 0.5) is 5.69 Å². The van der Waals surface area contributed by atoms with Crippen molar-refractivity contribution in [2.45, 2.75) is 0 Å².